The summed E-state index contributed by atoms with van der Waals surface area (Å²) in [4.78, 5) is 0. The van der Waals surface area contributed by atoms with Crippen molar-refractivity contribution in [1.82, 2.24) is 0 Å². The summed E-state index contributed by atoms with van der Waals surface area (Å²) < 4.78 is 0. The molecule has 1 rings (SSSR count). The highest BCUT2D eigenvalue weighted by Crippen LogP contribution is 1.94. The van der Waals surface area contributed by atoms with E-state index < -0.39 is 0 Å². The van der Waals surface area contributed by atoms with Crippen LogP contribution in [0.4, 0.5) is 0 Å². The first kappa shape index (κ1) is 3.26. The van der Waals surface area contributed by atoms with Crippen molar-refractivity contribution in [2.75, 3.05) is 0 Å². The highest BCUT2D eigenvalue weighted by atomic mass is 16.3. The molecule has 0 amide bonds. The number of allylic oxidation sites excluding steroid dienone is 2. The molecule has 0 aliphatic heterocycles. The number of hydrogen-bond acceptors (Lipinski definition) is 1. The second-order valence-corrected chi connectivity index (χ2v) is 1.07. The molecule has 1 aliphatic carbocycles. The van der Waals surface area contributed by atoms with Crippen LogP contribution in [0.5, 0.6) is 0 Å². The Hall–Kier alpha value is -0.940. The lowest BCUT2D eigenvalue weighted by Gasteiger charge is -1.73. The largest absolute Gasteiger partial charge is 0.507 e. The van der Waals surface area contributed by atoms with E-state index in [1.807, 2.05) is 0 Å². The van der Waals surface area contributed by atoms with E-state index in [-0.39, 0.29) is 5.76 Å². The van der Waals surface area contributed by atoms with Crippen molar-refractivity contribution in [2.24, 2.45) is 0 Å². The van der Waals surface area contributed by atoms with Crippen LogP contribution in [0.15, 0.2) is 29.7 Å². The van der Waals surface area contributed by atoms with Gasteiger partial charge in [0.1, 0.15) is 5.76 Å². The Morgan fingerprint density at radius 2 is 2.50 bits per heavy atom. The Bertz CT molecular complexity index is 136. The molecule has 0 bridgehead atoms. The molecule has 0 heterocycles. The minimum Gasteiger partial charge on any atom is -0.507 e. The molecule has 0 fully saturated rings. The minimum absolute atomic E-state index is 0.287. The number of rotatable bonds is 0. The van der Waals surface area contributed by atoms with Crippen molar-refractivity contribution in [3.63, 3.8) is 0 Å². The van der Waals surface area contributed by atoms with Crippen molar-refractivity contribution < 1.29 is 5.11 Å². The summed E-state index contributed by atoms with van der Waals surface area (Å²) in [5.74, 6) is 0.287. The molecule has 0 saturated heterocycles. The SMILES string of the molecule is OC1=CC=C=C1. The van der Waals surface area contributed by atoms with Crippen LogP contribution in [-0.4, -0.2) is 5.11 Å². The third kappa shape index (κ3) is 0.354. The average Bonchev–Trinajstić information content (AvgIpc) is 1.86. The molecule has 0 aromatic carbocycles. The summed E-state index contributed by atoms with van der Waals surface area (Å²) >= 11 is 0. The monoisotopic (exact) mass is 80.0 g/mol. The fourth-order valence-corrected chi connectivity index (χ4v) is 0.315. The van der Waals surface area contributed by atoms with Crippen LogP contribution < -0.4 is 0 Å². The summed E-state index contributed by atoms with van der Waals surface area (Å²) in [6, 6.07) is 0. The zero-order valence-electron chi connectivity index (χ0n) is 3.18. The van der Waals surface area contributed by atoms with E-state index in [4.69, 9.17) is 5.11 Å². The minimum atomic E-state index is 0.287. The standard InChI is InChI=1S/C5H4O/c6-5-3-1-2-4-5/h1,3-4,6H. The molecule has 6 heavy (non-hydrogen) atoms. The van der Waals surface area contributed by atoms with E-state index >= 15 is 0 Å². The number of aliphatic hydroxyl groups is 1. The first-order valence-corrected chi connectivity index (χ1v) is 1.71. The third-order valence-electron chi connectivity index (χ3n) is 0.582. The molecular formula is C5H4O. The van der Waals surface area contributed by atoms with Gasteiger partial charge < -0.3 is 5.11 Å². The quantitative estimate of drug-likeness (QED) is 0.433. The fraction of sp³-hybridized carbons (Fsp3) is 0. The smallest absolute Gasteiger partial charge is 0.123 e. The molecule has 30 valence electrons. The molecule has 0 radical (unpaired) electrons. The van der Waals surface area contributed by atoms with Gasteiger partial charge in [0.2, 0.25) is 0 Å². The van der Waals surface area contributed by atoms with Gasteiger partial charge in [0.05, 0.1) is 0 Å². The molecule has 0 saturated carbocycles. The van der Waals surface area contributed by atoms with Gasteiger partial charge in [-0.25, -0.2) is 0 Å². The van der Waals surface area contributed by atoms with Crippen LogP contribution in [0.25, 0.3) is 0 Å². The number of hydrogen-bond donors (Lipinski definition) is 1. The molecule has 1 nitrogen and oxygen atoms in total. The van der Waals surface area contributed by atoms with E-state index in [1.54, 1.807) is 12.2 Å². The summed E-state index contributed by atoms with van der Waals surface area (Å²) in [6.45, 7) is 0. The predicted molar refractivity (Wildman–Crippen MR) is 23.4 cm³/mol. The maximum Gasteiger partial charge on any atom is 0.123 e. The second kappa shape index (κ2) is 1.04. The van der Waals surface area contributed by atoms with E-state index in [0.29, 0.717) is 0 Å². The fourth-order valence-electron chi connectivity index (χ4n) is 0.315. The summed E-state index contributed by atoms with van der Waals surface area (Å²) in [5.41, 5.74) is 2.68. The van der Waals surface area contributed by atoms with E-state index in [0.717, 1.165) is 0 Å². The van der Waals surface area contributed by atoms with Gasteiger partial charge in [-0.2, -0.15) is 0 Å². The molecule has 0 unspecified atom stereocenters. The summed E-state index contributed by atoms with van der Waals surface area (Å²) in [5, 5.41) is 8.44. The summed E-state index contributed by atoms with van der Waals surface area (Å²) in [6.07, 6.45) is 4.76. The first-order valence-electron chi connectivity index (χ1n) is 1.71. The maximum absolute atomic E-state index is 8.44. The average molecular weight is 80.1 g/mol. The highest BCUT2D eigenvalue weighted by Gasteiger charge is 1.81. The van der Waals surface area contributed by atoms with Gasteiger partial charge in [-0.1, -0.05) is 0 Å². The van der Waals surface area contributed by atoms with Gasteiger partial charge in [0.25, 0.3) is 0 Å². The van der Waals surface area contributed by atoms with Gasteiger partial charge in [-0.3, -0.25) is 0 Å². The van der Waals surface area contributed by atoms with Crippen molar-refractivity contribution in [1.29, 1.82) is 0 Å². The Morgan fingerprint density at radius 1 is 1.67 bits per heavy atom. The topological polar surface area (TPSA) is 20.2 Å². The van der Waals surface area contributed by atoms with Crippen LogP contribution in [0.2, 0.25) is 0 Å². The lowest BCUT2D eigenvalue weighted by Crippen LogP contribution is -1.61. The first-order chi connectivity index (χ1) is 2.89. The molecule has 0 atom stereocenters. The van der Waals surface area contributed by atoms with Gasteiger partial charge in [-0.05, 0) is 12.2 Å². The third-order valence-corrected chi connectivity index (χ3v) is 0.582. The molecule has 1 aliphatic rings. The lowest BCUT2D eigenvalue weighted by molar-refractivity contribution is 0.434. The Kier molecular flexibility index (Phi) is 0.562. The van der Waals surface area contributed by atoms with Crippen LogP contribution in [0, 0.1) is 0 Å². The zero-order valence-corrected chi connectivity index (χ0v) is 3.18. The predicted octanol–water partition coefficient (Wildman–Crippen LogP) is 1.15. The van der Waals surface area contributed by atoms with Gasteiger partial charge in [-0.15, -0.1) is 5.73 Å². The molecule has 0 spiro atoms. The van der Waals surface area contributed by atoms with Gasteiger partial charge >= 0.3 is 0 Å². The Morgan fingerprint density at radius 3 is 2.67 bits per heavy atom. The summed E-state index contributed by atoms with van der Waals surface area (Å²) in [7, 11) is 0. The Balaban J connectivity index is 2.88. The molecule has 0 aromatic rings. The molecule has 1 N–H and O–H groups in total. The Labute approximate surface area is 35.9 Å². The van der Waals surface area contributed by atoms with Crippen LogP contribution in [0.3, 0.4) is 0 Å². The molecule has 0 aromatic heterocycles. The lowest BCUT2D eigenvalue weighted by atomic mass is 10.5. The maximum atomic E-state index is 8.44. The van der Waals surface area contributed by atoms with Gasteiger partial charge in [0.15, 0.2) is 0 Å². The second-order valence-electron chi connectivity index (χ2n) is 1.07. The zero-order chi connectivity index (χ0) is 4.41. The van der Waals surface area contributed by atoms with E-state index in [1.165, 1.54) is 6.08 Å². The number of aliphatic hydroxyl groups excluding tert-OH is 1. The normalized spacial score (nSPS) is 15.7. The highest BCUT2D eigenvalue weighted by molar-refractivity contribution is 5.23. The van der Waals surface area contributed by atoms with E-state index in [9.17, 15) is 0 Å². The van der Waals surface area contributed by atoms with E-state index in [2.05, 4.69) is 5.73 Å². The van der Waals surface area contributed by atoms with Crippen molar-refractivity contribution in [3.8, 4) is 0 Å². The van der Waals surface area contributed by atoms with Crippen LogP contribution in [0.1, 0.15) is 0 Å². The van der Waals surface area contributed by atoms with Crippen molar-refractivity contribution >= 4 is 0 Å². The van der Waals surface area contributed by atoms with Crippen molar-refractivity contribution in [2.45, 2.75) is 0 Å². The molecule has 1 heteroatoms. The molecular weight excluding hydrogens is 76.1 g/mol. The van der Waals surface area contributed by atoms with Gasteiger partial charge in [0, 0.05) is 6.08 Å². The van der Waals surface area contributed by atoms with Crippen molar-refractivity contribution in [3.05, 3.63) is 29.7 Å². The van der Waals surface area contributed by atoms with Crippen LogP contribution in [-0.2, 0) is 0 Å². The van der Waals surface area contributed by atoms with Crippen LogP contribution >= 0.6 is 0 Å².